The van der Waals surface area contributed by atoms with Gasteiger partial charge in [-0.1, -0.05) is 55.8 Å². The maximum absolute atomic E-state index is 12.3. The predicted octanol–water partition coefficient (Wildman–Crippen LogP) is 2.34. The van der Waals surface area contributed by atoms with Crippen LogP contribution in [0.4, 0.5) is 5.69 Å². The highest BCUT2D eigenvalue weighted by atomic mass is 16.5. The average molecular weight is 554 g/mol. The van der Waals surface area contributed by atoms with Crippen LogP contribution in [-0.2, 0) is 11.2 Å². The van der Waals surface area contributed by atoms with Crippen LogP contribution in [0.15, 0.2) is 67.1 Å². The van der Waals surface area contributed by atoms with Crippen LogP contribution in [-0.4, -0.2) is 51.4 Å². The summed E-state index contributed by atoms with van der Waals surface area (Å²) < 4.78 is 6.21. The van der Waals surface area contributed by atoms with E-state index in [9.17, 15) is 9.59 Å². The number of ether oxygens (including phenoxy) is 1. The number of hydrogen-bond donors (Lipinski definition) is 4. The average Bonchev–Trinajstić information content (AvgIpc) is 3.04. The van der Waals surface area contributed by atoms with Gasteiger partial charge in [-0.2, -0.15) is 0 Å². The molecule has 0 saturated carbocycles. The summed E-state index contributed by atoms with van der Waals surface area (Å²) in [6.45, 7) is 3.65. The second kappa shape index (κ2) is 12.6. The SMILES string of the molecule is CCCc1ccc(-c2nc(C(=O)NN)cnc2C2CN(c3ccccc3-c3cncc(C(=O)NN)n3)CCO2)cc1. The molecule has 12 heteroatoms. The molecule has 6 N–H and O–H groups in total. The molecule has 2 aromatic carbocycles. The van der Waals surface area contributed by atoms with E-state index in [0.29, 0.717) is 36.8 Å². The summed E-state index contributed by atoms with van der Waals surface area (Å²) in [5.74, 6) is 9.61. The van der Waals surface area contributed by atoms with E-state index in [0.717, 1.165) is 29.7 Å². The first-order valence-corrected chi connectivity index (χ1v) is 13.3. The Morgan fingerprint density at radius 3 is 2.44 bits per heavy atom. The molecule has 1 aliphatic heterocycles. The topological polar surface area (TPSA) is 174 Å². The third kappa shape index (κ3) is 6.04. The molecule has 1 unspecified atom stereocenters. The van der Waals surface area contributed by atoms with E-state index >= 15 is 0 Å². The third-order valence-electron chi connectivity index (χ3n) is 6.82. The molecule has 41 heavy (non-hydrogen) atoms. The molecule has 1 aliphatic rings. The second-order valence-corrected chi connectivity index (χ2v) is 9.50. The summed E-state index contributed by atoms with van der Waals surface area (Å²) in [6.07, 6.45) is 5.95. The number of anilines is 1. The molecule has 210 valence electrons. The van der Waals surface area contributed by atoms with Crippen LogP contribution in [0.1, 0.15) is 51.7 Å². The van der Waals surface area contributed by atoms with Gasteiger partial charge >= 0.3 is 0 Å². The molecule has 0 radical (unpaired) electrons. The van der Waals surface area contributed by atoms with E-state index in [-0.39, 0.29) is 11.4 Å². The van der Waals surface area contributed by atoms with Crippen molar-refractivity contribution >= 4 is 17.5 Å². The molecular weight excluding hydrogens is 522 g/mol. The maximum atomic E-state index is 12.3. The predicted molar refractivity (Wildman–Crippen MR) is 153 cm³/mol. The van der Waals surface area contributed by atoms with Gasteiger partial charge < -0.3 is 9.64 Å². The zero-order valence-electron chi connectivity index (χ0n) is 22.6. The number of benzene rings is 2. The van der Waals surface area contributed by atoms with Crippen LogP contribution in [0.25, 0.3) is 22.5 Å². The Kier molecular flexibility index (Phi) is 8.53. The largest absolute Gasteiger partial charge is 0.368 e. The first-order chi connectivity index (χ1) is 20.0. The van der Waals surface area contributed by atoms with Gasteiger partial charge in [0.2, 0.25) is 0 Å². The molecule has 0 spiro atoms. The highest BCUT2D eigenvalue weighted by molar-refractivity contribution is 5.92. The van der Waals surface area contributed by atoms with Gasteiger partial charge in [0, 0.05) is 23.4 Å². The first kappa shape index (κ1) is 27.8. The molecule has 12 nitrogen and oxygen atoms in total. The van der Waals surface area contributed by atoms with E-state index in [1.54, 1.807) is 6.20 Å². The Morgan fingerprint density at radius 1 is 0.976 bits per heavy atom. The smallest absolute Gasteiger partial charge is 0.285 e. The van der Waals surface area contributed by atoms with Crippen LogP contribution < -0.4 is 27.4 Å². The number of amides is 2. The van der Waals surface area contributed by atoms with Crippen molar-refractivity contribution in [1.29, 1.82) is 0 Å². The molecule has 0 bridgehead atoms. The number of carbonyl (C=O) groups is 2. The van der Waals surface area contributed by atoms with Crippen LogP contribution in [0.3, 0.4) is 0 Å². The zero-order chi connectivity index (χ0) is 28.8. The Bertz CT molecular complexity index is 1550. The highest BCUT2D eigenvalue weighted by Crippen LogP contribution is 2.35. The van der Waals surface area contributed by atoms with Crippen molar-refractivity contribution in [1.82, 2.24) is 30.8 Å². The number of carbonyl (C=O) groups excluding carboxylic acids is 2. The summed E-state index contributed by atoms with van der Waals surface area (Å²) in [5.41, 5.74) is 9.90. The van der Waals surface area contributed by atoms with Gasteiger partial charge in [0.1, 0.15) is 17.5 Å². The lowest BCUT2D eigenvalue weighted by molar-refractivity contribution is 0.0372. The summed E-state index contributed by atoms with van der Waals surface area (Å²) in [5, 5.41) is 0. The van der Waals surface area contributed by atoms with Crippen LogP contribution in [0.2, 0.25) is 0 Å². The maximum Gasteiger partial charge on any atom is 0.285 e. The number of para-hydroxylation sites is 1. The molecule has 1 fully saturated rings. The number of morpholine rings is 1. The molecule has 1 saturated heterocycles. The quantitative estimate of drug-likeness (QED) is 0.144. The normalized spacial score (nSPS) is 14.9. The van der Waals surface area contributed by atoms with Crippen LogP contribution in [0.5, 0.6) is 0 Å². The van der Waals surface area contributed by atoms with Gasteiger partial charge in [0.05, 0.1) is 48.8 Å². The van der Waals surface area contributed by atoms with Gasteiger partial charge in [0.25, 0.3) is 11.8 Å². The Hall–Kier alpha value is -4.78. The van der Waals surface area contributed by atoms with Crippen molar-refractivity contribution in [3.63, 3.8) is 0 Å². The second-order valence-electron chi connectivity index (χ2n) is 9.50. The summed E-state index contributed by atoms with van der Waals surface area (Å²) in [6, 6.07) is 15.9. The fourth-order valence-corrected chi connectivity index (χ4v) is 4.83. The fraction of sp³-hybridized carbons (Fsp3) is 0.241. The Balaban J connectivity index is 1.50. The van der Waals surface area contributed by atoms with Crippen molar-refractivity contribution < 1.29 is 14.3 Å². The van der Waals surface area contributed by atoms with Gasteiger partial charge in [-0.15, -0.1) is 0 Å². The molecule has 0 aliphatic carbocycles. The molecule has 5 rings (SSSR count). The lowest BCUT2D eigenvalue weighted by atomic mass is 10.0. The summed E-state index contributed by atoms with van der Waals surface area (Å²) in [7, 11) is 0. The summed E-state index contributed by atoms with van der Waals surface area (Å²) >= 11 is 0. The number of aryl methyl sites for hydroxylation is 1. The van der Waals surface area contributed by atoms with Crippen molar-refractivity contribution in [3.05, 3.63) is 89.8 Å². The van der Waals surface area contributed by atoms with Crippen molar-refractivity contribution in [2.75, 3.05) is 24.6 Å². The number of hydrogen-bond acceptors (Lipinski definition) is 10. The monoisotopic (exact) mass is 553 g/mol. The van der Waals surface area contributed by atoms with E-state index in [1.165, 1.54) is 18.0 Å². The summed E-state index contributed by atoms with van der Waals surface area (Å²) in [4.78, 5) is 44.5. The van der Waals surface area contributed by atoms with Crippen LogP contribution in [0, 0.1) is 0 Å². The first-order valence-electron chi connectivity index (χ1n) is 13.3. The molecule has 4 aromatic rings. The minimum absolute atomic E-state index is 0.113. The molecule has 1 atom stereocenters. The molecular formula is C29H31N9O3. The fourth-order valence-electron chi connectivity index (χ4n) is 4.83. The van der Waals surface area contributed by atoms with Crippen molar-refractivity contribution in [2.45, 2.75) is 25.9 Å². The number of rotatable bonds is 8. The van der Waals surface area contributed by atoms with Crippen molar-refractivity contribution in [3.8, 4) is 22.5 Å². The lowest BCUT2D eigenvalue weighted by Gasteiger charge is -2.35. The third-order valence-corrected chi connectivity index (χ3v) is 6.82. The Labute approximate surface area is 237 Å². The van der Waals surface area contributed by atoms with Gasteiger partial charge in [-0.05, 0) is 18.1 Å². The number of nitrogens with two attached hydrogens (primary N) is 2. The van der Waals surface area contributed by atoms with Gasteiger partial charge in [-0.3, -0.25) is 30.4 Å². The van der Waals surface area contributed by atoms with Crippen molar-refractivity contribution in [2.24, 2.45) is 11.7 Å². The number of aromatic nitrogens is 4. The number of nitrogens with zero attached hydrogens (tertiary/aromatic N) is 5. The van der Waals surface area contributed by atoms with E-state index < -0.39 is 17.9 Å². The van der Waals surface area contributed by atoms with Gasteiger partial charge in [0.15, 0.2) is 0 Å². The molecule has 3 heterocycles. The number of nitrogen functional groups attached to an aromatic ring is 2. The number of hydrazine groups is 2. The van der Waals surface area contributed by atoms with E-state index in [2.05, 4.69) is 54.7 Å². The van der Waals surface area contributed by atoms with E-state index in [1.807, 2.05) is 36.4 Å². The highest BCUT2D eigenvalue weighted by Gasteiger charge is 2.29. The minimum Gasteiger partial charge on any atom is -0.368 e. The standard InChI is InChI=1S/C29H31N9O3/c1-2-5-18-8-10-19(11-9-18)26-27(33-16-23(35-26)29(40)37-31)25-17-38(12-13-41-25)24-7-4-3-6-20(24)21-14-32-15-22(34-21)28(39)36-30/h3-4,6-11,14-16,25H,2,5,12-13,17,30-31H2,1H3,(H,36,39)(H,37,40). The van der Waals surface area contributed by atoms with Gasteiger partial charge in [-0.25, -0.2) is 21.7 Å². The molecule has 2 aromatic heterocycles. The minimum atomic E-state index is -0.528. The van der Waals surface area contributed by atoms with Crippen LogP contribution >= 0.6 is 0 Å². The van der Waals surface area contributed by atoms with E-state index in [4.69, 9.17) is 16.4 Å². The zero-order valence-corrected chi connectivity index (χ0v) is 22.6. The number of nitrogens with one attached hydrogen (secondary N) is 2. The Morgan fingerprint density at radius 2 is 1.71 bits per heavy atom. The molecule has 2 amide bonds. The lowest BCUT2D eigenvalue weighted by Crippen LogP contribution is -2.39.